The van der Waals surface area contributed by atoms with Crippen LogP contribution in [0.4, 0.5) is 0 Å². The molecular weight excluding hydrogens is 328 g/mol. The molecule has 1 aromatic rings. The number of hydrogen-bond donors (Lipinski definition) is 0. The van der Waals surface area contributed by atoms with Crippen molar-refractivity contribution in [3.05, 3.63) is 22.7 Å². The molecule has 0 N–H and O–H groups in total. The SMILES string of the molecule is CCCOc1c(Cl)cc(C(=O)N(CC)CC(C)C#N)cc1OCC. The predicted octanol–water partition coefficient (Wildman–Crippen LogP) is 4.15. The van der Waals surface area contributed by atoms with Crippen molar-refractivity contribution >= 4 is 17.5 Å². The maximum atomic E-state index is 12.7. The highest BCUT2D eigenvalue weighted by atomic mass is 35.5. The minimum absolute atomic E-state index is 0.176. The van der Waals surface area contributed by atoms with E-state index in [0.717, 1.165) is 6.42 Å². The van der Waals surface area contributed by atoms with E-state index < -0.39 is 0 Å². The molecule has 1 amide bonds. The molecule has 0 aromatic heterocycles. The van der Waals surface area contributed by atoms with Crippen molar-refractivity contribution in [3.63, 3.8) is 0 Å². The number of ether oxygens (including phenoxy) is 2. The van der Waals surface area contributed by atoms with Crippen LogP contribution in [0.1, 0.15) is 44.5 Å². The zero-order valence-electron chi connectivity index (χ0n) is 14.8. The standard InChI is InChI=1S/C18H25ClN2O3/c1-5-8-24-17-15(19)9-14(10-16(17)23-7-3)18(22)21(6-2)12-13(4)11-20/h9-10,13H,5-8,12H2,1-4H3. The Morgan fingerprint density at radius 1 is 1.33 bits per heavy atom. The lowest BCUT2D eigenvalue weighted by Crippen LogP contribution is -2.34. The minimum atomic E-state index is -0.233. The third-order valence-electron chi connectivity index (χ3n) is 3.39. The van der Waals surface area contributed by atoms with Crippen LogP contribution in [0.15, 0.2) is 12.1 Å². The summed E-state index contributed by atoms with van der Waals surface area (Å²) < 4.78 is 11.2. The molecule has 0 heterocycles. The second kappa shape index (κ2) is 10.0. The van der Waals surface area contributed by atoms with Crippen molar-refractivity contribution in [2.45, 2.75) is 34.1 Å². The van der Waals surface area contributed by atoms with E-state index in [1.807, 2.05) is 20.8 Å². The smallest absolute Gasteiger partial charge is 0.254 e. The van der Waals surface area contributed by atoms with Gasteiger partial charge in [0.2, 0.25) is 0 Å². The molecule has 0 aliphatic carbocycles. The predicted molar refractivity (Wildman–Crippen MR) is 94.8 cm³/mol. The van der Waals surface area contributed by atoms with Crippen LogP contribution in [-0.2, 0) is 0 Å². The van der Waals surface area contributed by atoms with Gasteiger partial charge in [0.15, 0.2) is 11.5 Å². The van der Waals surface area contributed by atoms with Crippen LogP contribution in [0.3, 0.4) is 0 Å². The summed E-state index contributed by atoms with van der Waals surface area (Å²) >= 11 is 6.30. The molecule has 0 aliphatic rings. The Hall–Kier alpha value is -1.93. The summed E-state index contributed by atoms with van der Waals surface area (Å²) in [5, 5.41) is 9.31. The largest absolute Gasteiger partial charge is 0.490 e. The fraction of sp³-hybridized carbons (Fsp3) is 0.556. The first-order valence-electron chi connectivity index (χ1n) is 8.26. The summed E-state index contributed by atoms with van der Waals surface area (Å²) in [6, 6.07) is 5.40. The van der Waals surface area contributed by atoms with Crippen molar-refractivity contribution in [2.75, 3.05) is 26.3 Å². The van der Waals surface area contributed by atoms with Gasteiger partial charge in [-0.25, -0.2) is 0 Å². The van der Waals surface area contributed by atoms with Crippen LogP contribution in [0.2, 0.25) is 5.02 Å². The third kappa shape index (κ3) is 5.31. The number of hydrogen-bond acceptors (Lipinski definition) is 4. The maximum Gasteiger partial charge on any atom is 0.254 e. The number of carbonyl (C=O) groups excluding carboxylic acids is 1. The summed E-state index contributed by atoms with van der Waals surface area (Å²) in [6.07, 6.45) is 0.845. The lowest BCUT2D eigenvalue weighted by Gasteiger charge is -2.23. The fourth-order valence-electron chi connectivity index (χ4n) is 2.21. The van der Waals surface area contributed by atoms with Crippen LogP contribution < -0.4 is 9.47 Å². The van der Waals surface area contributed by atoms with Gasteiger partial charge in [-0.15, -0.1) is 0 Å². The van der Waals surface area contributed by atoms with Crippen LogP contribution in [0.5, 0.6) is 11.5 Å². The minimum Gasteiger partial charge on any atom is -0.490 e. The van der Waals surface area contributed by atoms with Gasteiger partial charge in [-0.2, -0.15) is 5.26 Å². The Morgan fingerprint density at radius 3 is 2.58 bits per heavy atom. The molecule has 132 valence electrons. The highest BCUT2D eigenvalue weighted by Gasteiger charge is 2.21. The van der Waals surface area contributed by atoms with Gasteiger partial charge in [0.1, 0.15) is 0 Å². The van der Waals surface area contributed by atoms with E-state index in [4.69, 9.17) is 26.3 Å². The molecule has 1 unspecified atom stereocenters. The summed E-state index contributed by atoms with van der Waals surface area (Å²) in [4.78, 5) is 14.3. The van der Waals surface area contributed by atoms with E-state index >= 15 is 0 Å². The Kier molecular flexibility index (Phi) is 8.42. The molecule has 0 saturated carbocycles. The van der Waals surface area contributed by atoms with Crippen molar-refractivity contribution in [3.8, 4) is 17.6 Å². The molecular formula is C18H25ClN2O3. The van der Waals surface area contributed by atoms with Gasteiger partial charge < -0.3 is 14.4 Å². The zero-order valence-corrected chi connectivity index (χ0v) is 15.5. The Labute approximate surface area is 149 Å². The van der Waals surface area contributed by atoms with Gasteiger partial charge >= 0.3 is 0 Å². The lowest BCUT2D eigenvalue weighted by molar-refractivity contribution is 0.0752. The molecule has 0 spiro atoms. The Morgan fingerprint density at radius 2 is 2.04 bits per heavy atom. The number of carbonyl (C=O) groups is 1. The van der Waals surface area contributed by atoms with Gasteiger partial charge in [-0.3, -0.25) is 4.79 Å². The van der Waals surface area contributed by atoms with E-state index in [1.54, 1.807) is 24.0 Å². The quantitative estimate of drug-likeness (QED) is 0.669. The molecule has 6 heteroatoms. The second-order valence-corrected chi connectivity index (χ2v) is 5.85. The topological polar surface area (TPSA) is 62.6 Å². The van der Waals surface area contributed by atoms with E-state index in [2.05, 4.69) is 6.07 Å². The molecule has 5 nitrogen and oxygen atoms in total. The normalized spacial score (nSPS) is 11.5. The molecule has 0 aliphatic heterocycles. The van der Waals surface area contributed by atoms with Gasteiger partial charge in [-0.1, -0.05) is 18.5 Å². The van der Waals surface area contributed by atoms with Gasteiger partial charge in [0.05, 0.1) is 30.2 Å². The van der Waals surface area contributed by atoms with Crippen molar-refractivity contribution in [1.82, 2.24) is 4.90 Å². The highest BCUT2D eigenvalue weighted by Crippen LogP contribution is 2.37. The molecule has 0 saturated heterocycles. The van der Waals surface area contributed by atoms with E-state index in [9.17, 15) is 4.79 Å². The van der Waals surface area contributed by atoms with Crippen LogP contribution in [0, 0.1) is 17.2 Å². The number of amides is 1. The fourth-order valence-corrected chi connectivity index (χ4v) is 2.47. The van der Waals surface area contributed by atoms with Gasteiger partial charge in [0, 0.05) is 18.7 Å². The number of rotatable bonds is 9. The lowest BCUT2D eigenvalue weighted by atomic mass is 10.1. The zero-order chi connectivity index (χ0) is 18.1. The van der Waals surface area contributed by atoms with Crippen LogP contribution in [0.25, 0.3) is 0 Å². The second-order valence-electron chi connectivity index (χ2n) is 5.44. The van der Waals surface area contributed by atoms with E-state index in [0.29, 0.717) is 48.4 Å². The first-order chi connectivity index (χ1) is 11.5. The molecule has 0 radical (unpaired) electrons. The van der Waals surface area contributed by atoms with E-state index in [-0.39, 0.29) is 11.8 Å². The van der Waals surface area contributed by atoms with Gasteiger partial charge in [0.25, 0.3) is 5.91 Å². The van der Waals surface area contributed by atoms with Crippen molar-refractivity contribution in [2.24, 2.45) is 5.92 Å². The number of nitriles is 1. The molecule has 1 atom stereocenters. The highest BCUT2D eigenvalue weighted by molar-refractivity contribution is 6.32. The molecule has 1 aromatic carbocycles. The summed E-state index contributed by atoms with van der Waals surface area (Å²) in [7, 11) is 0. The number of benzene rings is 1. The monoisotopic (exact) mass is 352 g/mol. The van der Waals surface area contributed by atoms with E-state index in [1.165, 1.54) is 0 Å². The summed E-state index contributed by atoms with van der Waals surface area (Å²) in [5.41, 5.74) is 0.430. The third-order valence-corrected chi connectivity index (χ3v) is 3.67. The molecule has 0 bridgehead atoms. The number of nitrogens with zero attached hydrogens (tertiary/aromatic N) is 2. The molecule has 1 rings (SSSR count). The average Bonchev–Trinajstić information content (AvgIpc) is 2.58. The summed E-state index contributed by atoms with van der Waals surface area (Å²) in [6.45, 7) is 9.39. The summed E-state index contributed by atoms with van der Waals surface area (Å²) in [5.74, 6) is 0.518. The van der Waals surface area contributed by atoms with Crippen molar-refractivity contribution in [1.29, 1.82) is 5.26 Å². The first-order valence-corrected chi connectivity index (χ1v) is 8.64. The van der Waals surface area contributed by atoms with Gasteiger partial charge in [-0.05, 0) is 39.3 Å². The maximum absolute atomic E-state index is 12.7. The first kappa shape index (κ1) is 20.1. The molecule has 0 fully saturated rings. The van der Waals surface area contributed by atoms with Crippen LogP contribution in [-0.4, -0.2) is 37.1 Å². The Bertz CT molecular complexity index is 599. The van der Waals surface area contributed by atoms with Crippen LogP contribution >= 0.6 is 11.6 Å². The Balaban J connectivity index is 3.14. The number of halogens is 1. The average molecular weight is 353 g/mol. The van der Waals surface area contributed by atoms with Crippen molar-refractivity contribution < 1.29 is 14.3 Å². The molecule has 24 heavy (non-hydrogen) atoms.